The maximum Gasteiger partial charge on any atom is 0.164 e. The minimum absolute atomic E-state index is 0.664. The molecule has 0 N–H and O–H groups in total. The van der Waals surface area contributed by atoms with Crippen molar-refractivity contribution in [2.24, 2.45) is 0 Å². The summed E-state index contributed by atoms with van der Waals surface area (Å²) in [5.41, 5.74) is 8.99. The van der Waals surface area contributed by atoms with Gasteiger partial charge in [0.2, 0.25) is 0 Å². The average Bonchev–Trinajstić information content (AvgIpc) is 3.95. The predicted molar refractivity (Wildman–Crippen MR) is 242 cm³/mol. The fourth-order valence-electron chi connectivity index (χ4n) is 8.38. The fraction of sp³-hybridized carbons (Fsp3) is 0. The normalized spacial score (nSPS) is 11.9. The standard InChI is InChI=1S/C51H30N4S2/c1-3-12-31(13-4-1)49-52-50(32-14-5-2-6-15-32)54-51(53-49)34-22-25-39-40-19-11-18-36(48(40)57-47(39)29-34)33-23-26-45-41(28-33)42-30-35(24-27-46(42)56-45)55-43-20-9-7-16-37(43)38-17-8-10-21-44(38)55/h1-30H. The summed E-state index contributed by atoms with van der Waals surface area (Å²) in [4.78, 5) is 14.9. The lowest BCUT2D eigenvalue weighted by Gasteiger charge is -2.08. The maximum absolute atomic E-state index is 5.01. The zero-order chi connectivity index (χ0) is 37.5. The first-order valence-electron chi connectivity index (χ1n) is 19.0. The van der Waals surface area contributed by atoms with E-state index in [2.05, 4.69) is 126 Å². The molecule has 0 saturated heterocycles. The molecule has 4 nitrogen and oxygen atoms in total. The van der Waals surface area contributed by atoms with Crippen LogP contribution in [0.15, 0.2) is 182 Å². The summed E-state index contributed by atoms with van der Waals surface area (Å²) in [5, 5.41) is 7.61. The lowest BCUT2D eigenvalue weighted by molar-refractivity contribution is 1.07. The highest BCUT2D eigenvalue weighted by molar-refractivity contribution is 7.26. The van der Waals surface area contributed by atoms with Gasteiger partial charge in [0.25, 0.3) is 0 Å². The Kier molecular flexibility index (Phi) is 7.24. The van der Waals surface area contributed by atoms with E-state index in [1.165, 1.54) is 79.0 Å². The SMILES string of the molecule is c1ccc(-c2nc(-c3ccccc3)nc(-c3ccc4c(c3)sc3c(-c5ccc6sc7ccc(-n8c9ccccc9c9ccccc98)cc7c6c5)cccc34)n2)cc1. The summed E-state index contributed by atoms with van der Waals surface area (Å²) in [6.07, 6.45) is 0. The molecule has 12 aromatic rings. The highest BCUT2D eigenvalue weighted by Crippen LogP contribution is 2.44. The van der Waals surface area contributed by atoms with E-state index in [4.69, 9.17) is 15.0 Å². The van der Waals surface area contributed by atoms with Crippen molar-refractivity contribution < 1.29 is 0 Å². The number of fused-ring (bicyclic) bond motifs is 9. The number of aromatic nitrogens is 4. The quantitative estimate of drug-likeness (QED) is 0.175. The Labute approximate surface area is 335 Å². The molecular weight excluding hydrogens is 733 g/mol. The third kappa shape index (κ3) is 5.22. The lowest BCUT2D eigenvalue weighted by Crippen LogP contribution is -1.99. The van der Waals surface area contributed by atoms with Crippen molar-refractivity contribution in [3.63, 3.8) is 0 Å². The van der Waals surface area contributed by atoms with Crippen LogP contribution in [0.3, 0.4) is 0 Å². The van der Waals surface area contributed by atoms with Gasteiger partial charge in [-0.15, -0.1) is 22.7 Å². The third-order valence-electron chi connectivity index (χ3n) is 11.1. The van der Waals surface area contributed by atoms with Crippen molar-refractivity contribution in [3.05, 3.63) is 182 Å². The second-order valence-electron chi connectivity index (χ2n) is 14.4. The monoisotopic (exact) mass is 762 g/mol. The van der Waals surface area contributed by atoms with E-state index < -0.39 is 0 Å². The van der Waals surface area contributed by atoms with E-state index >= 15 is 0 Å². The van der Waals surface area contributed by atoms with Crippen molar-refractivity contribution in [3.8, 4) is 51.0 Å². The van der Waals surface area contributed by atoms with Crippen LogP contribution in [-0.4, -0.2) is 19.5 Å². The van der Waals surface area contributed by atoms with Crippen LogP contribution in [0.1, 0.15) is 0 Å². The molecule has 57 heavy (non-hydrogen) atoms. The third-order valence-corrected chi connectivity index (χ3v) is 13.4. The summed E-state index contributed by atoms with van der Waals surface area (Å²) in [7, 11) is 0. The van der Waals surface area contributed by atoms with Crippen LogP contribution in [0.5, 0.6) is 0 Å². The number of hydrogen-bond acceptors (Lipinski definition) is 5. The largest absolute Gasteiger partial charge is 0.309 e. The van der Waals surface area contributed by atoms with E-state index in [1.807, 2.05) is 83.3 Å². The summed E-state index contributed by atoms with van der Waals surface area (Å²) in [6.45, 7) is 0. The van der Waals surface area contributed by atoms with Crippen molar-refractivity contribution in [1.29, 1.82) is 0 Å². The first-order valence-corrected chi connectivity index (χ1v) is 20.6. The number of thiophene rings is 2. The zero-order valence-corrected chi connectivity index (χ0v) is 32.1. The minimum Gasteiger partial charge on any atom is -0.309 e. The van der Waals surface area contributed by atoms with E-state index in [0.717, 1.165) is 16.7 Å². The average molecular weight is 763 g/mol. The molecule has 6 heteroatoms. The molecule has 0 spiro atoms. The van der Waals surface area contributed by atoms with Gasteiger partial charge in [-0.25, -0.2) is 15.0 Å². The van der Waals surface area contributed by atoms with Gasteiger partial charge in [0.15, 0.2) is 17.5 Å². The zero-order valence-electron chi connectivity index (χ0n) is 30.4. The molecule has 0 unspecified atom stereocenters. The smallest absolute Gasteiger partial charge is 0.164 e. The van der Waals surface area contributed by atoms with Crippen LogP contribution in [0, 0.1) is 0 Å². The summed E-state index contributed by atoms with van der Waals surface area (Å²) in [6, 6.07) is 65.0. The van der Waals surface area contributed by atoms with Crippen LogP contribution >= 0.6 is 22.7 Å². The van der Waals surface area contributed by atoms with Crippen LogP contribution in [0.4, 0.5) is 0 Å². The Balaban J connectivity index is 0.984. The molecule has 0 fully saturated rings. The van der Waals surface area contributed by atoms with Crippen LogP contribution in [0.25, 0.3) is 113 Å². The molecule has 8 aromatic carbocycles. The van der Waals surface area contributed by atoms with E-state index in [-0.39, 0.29) is 0 Å². The highest BCUT2D eigenvalue weighted by Gasteiger charge is 2.17. The van der Waals surface area contributed by atoms with E-state index in [1.54, 1.807) is 0 Å². The number of hydrogen-bond donors (Lipinski definition) is 0. The molecule has 4 aromatic heterocycles. The van der Waals surface area contributed by atoms with Crippen molar-refractivity contribution in [1.82, 2.24) is 19.5 Å². The van der Waals surface area contributed by atoms with Gasteiger partial charge in [-0.3, -0.25) is 0 Å². The van der Waals surface area contributed by atoms with E-state index in [0.29, 0.717) is 17.5 Å². The van der Waals surface area contributed by atoms with Crippen molar-refractivity contribution in [2.45, 2.75) is 0 Å². The number of rotatable bonds is 5. The topological polar surface area (TPSA) is 43.6 Å². The predicted octanol–water partition coefficient (Wildman–Crippen LogP) is 14.4. The summed E-state index contributed by atoms with van der Waals surface area (Å²) in [5.74, 6) is 1.99. The molecule has 0 aliphatic carbocycles. The van der Waals surface area contributed by atoms with Gasteiger partial charge >= 0.3 is 0 Å². The Bertz CT molecular complexity index is 3410. The minimum atomic E-state index is 0.664. The molecule has 266 valence electrons. The molecular formula is C51H30N4S2. The molecule has 0 aliphatic heterocycles. The van der Waals surface area contributed by atoms with Crippen molar-refractivity contribution >= 4 is 84.8 Å². The Morgan fingerprint density at radius 1 is 0.333 bits per heavy atom. The highest BCUT2D eigenvalue weighted by atomic mass is 32.1. The van der Waals surface area contributed by atoms with E-state index in [9.17, 15) is 0 Å². The van der Waals surface area contributed by atoms with Crippen LogP contribution in [-0.2, 0) is 0 Å². The van der Waals surface area contributed by atoms with Crippen molar-refractivity contribution in [2.75, 3.05) is 0 Å². The molecule has 4 heterocycles. The molecule has 0 saturated carbocycles. The van der Waals surface area contributed by atoms with Gasteiger partial charge in [0.1, 0.15) is 0 Å². The van der Waals surface area contributed by atoms with Crippen LogP contribution < -0.4 is 0 Å². The molecule has 0 amide bonds. The summed E-state index contributed by atoms with van der Waals surface area (Å²) >= 11 is 3.70. The first kappa shape index (κ1) is 32.3. The summed E-state index contributed by atoms with van der Waals surface area (Å²) < 4.78 is 7.48. The Hall–Kier alpha value is -6.99. The molecule has 12 rings (SSSR count). The lowest BCUT2D eigenvalue weighted by atomic mass is 10.0. The number of para-hydroxylation sites is 2. The second-order valence-corrected chi connectivity index (χ2v) is 16.5. The van der Waals surface area contributed by atoms with Gasteiger partial charge in [-0.1, -0.05) is 133 Å². The first-order chi connectivity index (χ1) is 28.2. The van der Waals surface area contributed by atoms with Crippen LogP contribution in [0.2, 0.25) is 0 Å². The fourth-order valence-corrected chi connectivity index (χ4v) is 10.7. The second kappa shape index (κ2) is 12.8. The van der Waals surface area contributed by atoms with Gasteiger partial charge in [-0.05, 0) is 59.7 Å². The molecule has 0 radical (unpaired) electrons. The molecule has 0 atom stereocenters. The maximum atomic E-state index is 5.01. The van der Waals surface area contributed by atoms with Gasteiger partial charge in [0, 0.05) is 73.5 Å². The Morgan fingerprint density at radius 2 is 0.895 bits per heavy atom. The Morgan fingerprint density at radius 3 is 1.58 bits per heavy atom. The van der Waals surface area contributed by atoms with Gasteiger partial charge in [0.05, 0.1) is 11.0 Å². The number of nitrogens with zero attached hydrogens (tertiary/aromatic N) is 4. The van der Waals surface area contributed by atoms with Gasteiger partial charge in [-0.2, -0.15) is 0 Å². The van der Waals surface area contributed by atoms with Gasteiger partial charge < -0.3 is 4.57 Å². The molecule has 0 bridgehead atoms. The molecule has 0 aliphatic rings. The number of benzene rings is 8.